The highest BCUT2D eigenvalue weighted by Gasteiger charge is 2.22. The Morgan fingerprint density at radius 2 is 1.71 bits per heavy atom. The van der Waals surface area contributed by atoms with Crippen LogP contribution in [0.5, 0.6) is 11.5 Å². The third kappa shape index (κ3) is 4.97. The van der Waals surface area contributed by atoms with Crippen LogP contribution in [0.15, 0.2) is 77.7 Å². The molecule has 0 aliphatic rings. The van der Waals surface area contributed by atoms with Crippen molar-refractivity contribution in [1.82, 2.24) is 0 Å². The molecule has 0 saturated heterocycles. The van der Waals surface area contributed by atoms with E-state index in [1.54, 1.807) is 48.5 Å². The minimum absolute atomic E-state index is 0.122. The van der Waals surface area contributed by atoms with Crippen molar-refractivity contribution in [2.45, 2.75) is 11.8 Å². The molecule has 1 N–H and O–H groups in total. The second kappa shape index (κ2) is 9.53. The molecule has 3 aromatic carbocycles. The van der Waals surface area contributed by atoms with Crippen molar-refractivity contribution >= 4 is 27.3 Å². The van der Waals surface area contributed by atoms with Gasteiger partial charge in [0.15, 0.2) is 0 Å². The van der Waals surface area contributed by atoms with Crippen LogP contribution in [-0.2, 0) is 10.0 Å². The fraction of sp³-hybridized carbons (Fsp3) is 0.174. The Hall–Kier alpha value is -3.52. The van der Waals surface area contributed by atoms with Gasteiger partial charge in [0.05, 0.1) is 30.0 Å². The summed E-state index contributed by atoms with van der Waals surface area (Å²) in [5, 5.41) is 2.82. The van der Waals surface area contributed by atoms with E-state index in [1.807, 2.05) is 13.0 Å². The van der Waals surface area contributed by atoms with Gasteiger partial charge in [-0.15, -0.1) is 0 Å². The molecule has 0 aromatic heterocycles. The number of carbonyl (C=O) groups is 1. The van der Waals surface area contributed by atoms with Gasteiger partial charge in [-0.2, -0.15) is 0 Å². The molecular weight excluding hydrogens is 416 g/mol. The van der Waals surface area contributed by atoms with Crippen molar-refractivity contribution in [3.8, 4) is 11.5 Å². The number of nitrogens with one attached hydrogen (secondary N) is 1. The van der Waals surface area contributed by atoms with Gasteiger partial charge < -0.3 is 14.8 Å². The van der Waals surface area contributed by atoms with Gasteiger partial charge in [-0.1, -0.05) is 18.2 Å². The van der Waals surface area contributed by atoms with Crippen LogP contribution in [0.2, 0.25) is 0 Å². The van der Waals surface area contributed by atoms with E-state index in [2.05, 4.69) is 5.32 Å². The summed E-state index contributed by atoms with van der Waals surface area (Å²) in [6.07, 6.45) is 0. The molecule has 8 heteroatoms. The summed E-state index contributed by atoms with van der Waals surface area (Å²) in [7, 11) is -0.848. The zero-order valence-corrected chi connectivity index (χ0v) is 18.3. The molecule has 7 nitrogen and oxygen atoms in total. The maximum atomic E-state index is 13.0. The van der Waals surface area contributed by atoms with Crippen LogP contribution in [0.25, 0.3) is 0 Å². The Balaban J connectivity index is 1.84. The molecule has 1 amide bonds. The largest absolute Gasteiger partial charge is 0.497 e. The average molecular weight is 441 g/mol. The first-order valence-electron chi connectivity index (χ1n) is 9.63. The van der Waals surface area contributed by atoms with Gasteiger partial charge in [0.1, 0.15) is 11.5 Å². The molecule has 0 unspecified atom stereocenters. The quantitative estimate of drug-likeness (QED) is 0.568. The molecule has 0 aliphatic heterocycles. The van der Waals surface area contributed by atoms with Crippen LogP contribution < -0.4 is 19.1 Å². The van der Waals surface area contributed by atoms with Crippen LogP contribution in [0.3, 0.4) is 0 Å². The zero-order valence-electron chi connectivity index (χ0n) is 17.5. The zero-order chi connectivity index (χ0) is 22.4. The normalized spacial score (nSPS) is 10.9. The highest BCUT2D eigenvalue weighted by atomic mass is 32.2. The van der Waals surface area contributed by atoms with Gasteiger partial charge in [0.25, 0.3) is 15.9 Å². The number of hydrogen-bond acceptors (Lipinski definition) is 5. The predicted molar refractivity (Wildman–Crippen MR) is 121 cm³/mol. The van der Waals surface area contributed by atoms with E-state index in [0.29, 0.717) is 35.0 Å². The number of methoxy groups -OCH3 is 1. The van der Waals surface area contributed by atoms with Crippen molar-refractivity contribution < 1.29 is 22.7 Å². The third-order valence-electron chi connectivity index (χ3n) is 4.62. The van der Waals surface area contributed by atoms with E-state index in [-0.39, 0.29) is 10.8 Å². The first-order chi connectivity index (χ1) is 14.9. The number of ether oxygens (including phenoxy) is 2. The fourth-order valence-electron chi connectivity index (χ4n) is 2.93. The number of nitrogens with zero attached hydrogens (tertiary/aromatic N) is 1. The van der Waals surface area contributed by atoms with Crippen molar-refractivity contribution in [3.63, 3.8) is 0 Å². The number of anilines is 2. The lowest BCUT2D eigenvalue weighted by Gasteiger charge is -2.20. The molecule has 0 bridgehead atoms. The number of carbonyl (C=O) groups excluding carboxylic acids is 1. The first kappa shape index (κ1) is 22.2. The molecule has 0 fully saturated rings. The summed E-state index contributed by atoms with van der Waals surface area (Å²) >= 11 is 0. The molecule has 3 rings (SSSR count). The van der Waals surface area contributed by atoms with E-state index in [9.17, 15) is 13.2 Å². The van der Waals surface area contributed by atoms with E-state index in [4.69, 9.17) is 9.47 Å². The third-order valence-corrected chi connectivity index (χ3v) is 6.42. The molecule has 0 radical (unpaired) electrons. The van der Waals surface area contributed by atoms with Gasteiger partial charge in [-0.3, -0.25) is 9.10 Å². The van der Waals surface area contributed by atoms with E-state index in [0.717, 1.165) is 4.31 Å². The van der Waals surface area contributed by atoms with Crippen LogP contribution in [0.4, 0.5) is 11.4 Å². The highest BCUT2D eigenvalue weighted by Crippen LogP contribution is 2.27. The highest BCUT2D eigenvalue weighted by molar-refractivity contribution is 7.92. The van der Waals surface area contributed by atoms with Gasteiger partial charge >= 0.3 is 0 Å². The number of benzene rings is 3. The predicted octanol–water partition coefficient (Wildman–Crippen LogP) is 4.17. The number of sulfonamides is 1. The fourth-order valence-corrected chi connectivity index (χ4v) is 4.12. The lowest BCUT2D eigenvalue weighted by atomic mass is 10.2. The SMILES string of the molecule is CCOc1ccccc1NC(=O)c1cccc(N(C)S(=O)(=O)c2ccc(OC)cc2)c1. The lowest BCUT2D eigenvalue weighted by molar-refractivity contribution is 0.102. The Bertz CT molecular complexity index is 1160. The van der Waals surface area contributed by atoms with Gasteiger partial charge in [0.2, 0.25) is 0 Å². The van der Waals surface area contributed by atoms with Crippen molar-refractivity contribution in [3.05, 3.63) is 78.4 Å². The Morgan fingerprint density at radius 1 is 1.00 bits per heavy atom. The summed E-state index contributed by atoms with van der Waals surface area (Å²) in [4.78, 5) is 12.9. The van der Waals surface area contributed by atoms with Crippen molar-refractivity contribution in [1.29, 1.82) is 0 Å². The molecule has 0 atom stereocenters. The molecule has 0 spiro atoms. The standard InChI is InChI=1S/C23H24N2O5S/c1-4-30-22-11-6-5-10-21(22)24-23(26)17-8-7-9-18(16-17)25(2)31(27,28)20-14-12-19(29-3)13-15-20/h5-16H,4H2,1-3H3,(H,24,26). The monoisotopic (exact) mass is 440 g/mol. The van der Waals surface area contributed by atoms with Gasteiger partial charge in [-0.05, 0) is 61.5 Å². The topological polar surface area (TPSA) is 84.9 Å². The molecule has 0 aliphatic carbocycles. The van der Waals surface area contributed by atoms with E-state index in [1.165, 1.54) is 32.4 Å². The Morgan fingerprint density at radius 3 is 2.39 bits per heavy atom. The lowest BCUT2D eigenvalue weighted by Crippen LogP contribution is -2.26. The molecule has 0 saturated carbocycles. The minimum atomic E-state index is -3.81. The smallest absolute Gasteiger partial charge is 0.264 e. The molecule has 3 aromatic rings. The number of amides is 1. The van der Waals surface area contributed by atoms with Crippen LogP contribution in [0.1, 0.15) is 17.3 Å². The van der Waals surface area contributed by atoms with Gasteiger partial charge in [-0.25, -0.2) is 8.42 Å². The second-order valence-electron chi connectivity index (χ2n) is 6.58. The summed E-state index contributed by atoms with van der Waals surface area (Å²) in [5.74, 6) is 0.755. The summed E-state index contributed by atoms with van der Waals surface area (Å²) < 4.78 is 37.7. The number of para-hydroxylation sites is 2. The maximum absolute atomic E-state index is 13.0. The summed E-state index contributed by atoms with van der Waals surface area (Å²) in [6, 6.07) is 19.7. The molecule has 0 heterocycles. The number of rotatable bonds is 8. The Labute approximate surface area is 182 Å². The average Bonchev–Trinajstić information content (AvgIpc) is 2.80. The molecular formula is C23H24N2O5S. The Kier molecular flexibility index (Phi) is 6.81. The van der Waals surface area contributed by atoms with E-state index < -0.39 is 10.0 Å². The first-order valence-corrected chi connectivity index (χ1v) is 11.1. The van der Waals surface area contributed by atoms with Crippen molar-refractivity contribution in [2.24, 2.45) is 0 Å². The van der Waals surface area contributed by atoms with Crippen molar-refractivity contribution in [2.75, 3.05) is 30.4 Å². The number of hydrogen-bond donors (Lipinski definition) is 1. The minimum Gasteiger partial charge on any atom is -0.497 e. The maximum Gasteiger partial charge on any atom is 0.264 e. The van der Waals surface area contributed by atoms with Crippen LogP contribution >= 0.6 is 0 Å². The van der Waals surface area contributed by atoms with E-state index >= 15 is 0 Å². The summed E-state index contributed by atoms with van der Waals surface area (Å²) in [6.45, 7) is 2.33. The van der Waals surface area contributed by atoms with Gasteiger partial charge in [0, 0.05) is 12.6 Å². The summed E-state index contributed by atoms with van der Waals surface area (Å²) in [5.41, 5.74) is 1.22. The van der Waals surface area contributed by atoms with Crippen LogP contribution in [0, 0.1) is 0 Å². The van der Waals surface area contributed by atoms with Crippen LogP contribution in [-0.4, -0.2) is 35.1 Å². The second-order valence-corrected chi connectivity index (χ2v) is 8.55. The molecule has 162 valence electrons. The molecule has 31 heavy (non-hydrogen) atoms.